The van der Waals surface area contributed by atoms with Gasteiger partial charge in [0.1, 0.15) is 12.7 Å². The smallest absolute Gasteiger partial charge is 0.303 e. The monoisotopic (exact) mass is 348 g/mol. The van der Waals surface area contributed by atoms with Gasteiger partial charge in [0, 0.05) is 27.7 Å². The molecule has 1 saturated heterocycles. The number of rotatable bonds is 6. The van der Waals surface area contributed by atoms with Crippen LogP contribution >= 0.6 is 0 Å². The fraction of sp³-hybridized carbons (Fsp3) is 0.714. The molecule has 0 aromatic heterocycles. The van der Waals surface area contributed by atoms with E-state index >= 15 is 0 Å². The van der Waals surface area contributed by atoms with Gasteiger partial charge in [0.2, 0.25) is 0 Å². The fourth-order valence-corrected chi connectivity index (χ4v) is 2.22. The molecule has 5 atom stereocenters. The Morgan fingerprint density at radius 3 is 1.92 bits per heavy atom. The minimum Gasteiger partial charge on any atom is -0.462 e. The maximum Gasteiger partial charge on any atom is 0.303 e. The van der Waals surface area contributed by atoms with Crippen LogP contribution in [0.25, 0.3) is 0 Å². The molecular weight excluding hydrogens is 328 g/mol. The molecule has 1 rings (SSSR count). The van der Waals surface area contributed by atoms with Gasteiger partial charge in [-0.2, -0.15) is 0 Å². The highest BCUT2D eigenvalue weighted by atomic mass is 16.7. The first-order chi connectivity index (χ1) is 11.1. The van der Waals surface area contributed by atoms with Gasteiger partial charge in [0.15, 0.2) is 24.6 Å². The van der Waals surface area contributed by atoms with Crippen molar-refractivity contribution in [3.05, 3.63) is 0 Å². The highest BCUT2D eigenvalue weighted by molar-refractivity contribution is 5.68. The lowest BCUT2D eigenvalue weighted by atomic mass is 10.1. The molecule has 0 radical (unpaired) electrons. The maximum absolute atomic E-state index is 11.3. The van der Waals surface area contributed by atoms with E-state index in [0.29, 0.717) is 0 Å². The van der Waals surface area contributed by atoms with Crippen molar-refractivity contribution in [2.75, 3.05) is 6.61 Å². The van der Waals surface area contributed by atoms with E-state index in [4.69, 9.17) is 23.7 Å². The summed E-state index contributed by atoms with van der Waals surface area (Å²) in [7, 11) is 0. The number of esters is 4. The summed E-state index contributed by atoms with van der Waals surface area (Å²) in [4.78, 5) is 44.7. The Bertz CT molecular complexity index is 502. The van der Waals surface area contributed by atoms with Gasteiger partial charge in [0.25, 0.3) is 0 Å². The van der Waals surface area contributed by atoms with E-state index in [2.05, 4.69) is 0 Å². The summed E-state index contributed by atoms with van der Waals surface area (Å²) < 4.78 is 25.0. The number of aliphatic hydroxyl groups is 1. The summed E-state index contributed by atoms with van der Waals surface area (Å²) >= 11 is 0. The van der Waals surface area contributed by atoms with Crippen LogP contribution in [0.5, 0.6) is 0 Å². The van der Waals surface area contributed by atoms with Crippen molar-refractivity contribution in [3.63, 3.8) is 0 Å². The standard InChI is InChI=1S/C14H20O10/c1-6(15)20-5-10(21-7(2)16)11-12(22-8(3)17)13(14(19)24-11)23-9(4)18/h10-14,19H,5H2,1-4H3/t10?,11-,12+,13-,14?/m1/s1. The Hall–Kier alpha value is -2.20. The van der Waals surface area contributed by atoms with E-state index in [0.717, 1.165) is 27.7 Å². The van der Waals surface area contributed by atoms with Crippen LogP contribution in [-0.4, -0.2) is 66.3 Å². The van der Waals surface area contributed by atoms with Crippen LogP contribution in [0.1, 0.15) is 27.7 Å². The van der Waals surface area contributed by atoms with Crippen molar-refractivity contribution >= 4 is 23.9 Å². The van der Waals surface area contributed by atoms with E-state index in [-0.39, 0.29) is 0 Å². The van der Waals surface area contributed by atoms with E-state index in [1.54, 1.807) is 0 Å². The SMILES string of the molecule is CC(=O)OCC(OC(C)=O)[C@H]1OC(O)[C@H](OC(C)=O)[C@H]1OC(C)=O. The van der Waals surface area contributed by atoms with Gasteiger partial charge in [0.05, 0.1) is 0 Å². The zero-order valence-electron chi connectivity index (χ0n) is 13.7. The van der Waals surface area contributed by atoms with Crippen molar-refractivity contribution in [2.24, 2.45) is 0 Å². The molecule has 0 aromatic rings. The molecule has 0 bridgehead atoms. The molecule has 1 heterocycles. The molecule has 2 unspecified atom stereocenters. The van der Waals surface area contributed by atoms with Gasteiger partial charge in [-0.05, 0) is 0 Å². The van der Waals surface area contributed by atoms with Crippen LogP contribution < -0.4 is 0 Å². The van der Waals surface area contributed by atoms with Crippen LogP contribution in [0, 0.1) is 0 Å². The van der Waals surface area contributed by atoms with E-state index < -0.39 is 61.2 Å². The van der Waals surface area contributed by atoms with Crippen LogP contribution in [0.4, 0.5) is 0 Å². The van der Waals surface area contributed by atoms with Crippen molar-refractivity contribution in [3.8, 4) is 0 Å². The van der Waals surface area contributed by atoms with E-state index in [9.17, 15) is 24.3 Å². The van der Waals surface area contributed by atoms with Crippen LogP contribution in [0.15, 0.2) is 0 Å². The first-order valence-corrected chi connectivity index (χ1v) is 7.10. The Kier molecular flexibility index (Phi) is 7.11. The predicted molar refractivity (Wildman–Crippen MR) is 74.2 cm³/mol. The molecule has 136 valence electrons. The second-order valence-corrected chi connectivity index (χ2v) is 5.09. The quantitative estimate of drug-likeness (QED) is 0.473. The van der Waals surface area contributed by atoms with Gasteiger partial charge in [-0.1, -0.05) is 0 Å². The summed E-state index contributed by atoms with van der Waals surface area (Å²) in [6, 6.07) is 0. The largest absolute Gasteiger partial charge is 0.462 e. The van der Waals surface area contributed by atoms with Crippen molar-refractivity contribution in [1.82, 2.24) is 0 Å². The molecular formula is C14H20O10. The molecule has 0 aliphatic carbocycles. The molecule has 0 saturated carbocycles. The minimum atomic E-state index is -1.61. The third kappa shape index (κ3) is 5.78. The number of ether oxygens (including phenoxy) is 5. The van der Waals surface area contributed by atoms with Crippen molar-refractivity contribution in [2.45, 2.75) is 58.4 Å². The Morgan fingerprint density at radius 1 is 0.917 bits per heavy atom. The number of aliphatic hydroxyl groups excluding tert-OH is 1. The Morgan fingerprint density at radius 2 is 1.46 bits per heavy atom. The first-order valence-electron chi connectivity index (χ1n) is 7.10. The average molecular weight is 348 g/mol. The third-order valence-corrected chi connectivity index (χ3v) is 2.96. The molecule has 0 spiro atoms. The molecule has 10 heteroatoms. The molecule has 1 aliphatic heterocycles. The normalized spacial score (nSPS) is 27.0. The molecule has 10 nitrogen and oxygen atoms in total. The van der Waals surface area contributed by atoms with Crippen molar-refractivity contribution in [1.29, 1.82) is 0 Å². The second-order valence-electron chi connectivity index (χ2n) is 5.09. The summed E-state index contributed by atoms with van der Waals surface area (Å²) in [5.74, 6) is -2.80. The lowest BCUT2D eigenvalue weighted by Crippen LogP contribution is -2.46. The zero-order chi connectivity index (χ0) is 18.4. The number of hydrogen-bond acceptors (Lipinski definition) is 10. The number of carbonyl (C=O) groups is 4. The van der Waals surface area contributed by atoms with E-state index in [1.807, 2.05) is 0 Å². The van der Waals surface area contributed by atoms with E-state index in [1.165, 1.54) is 0 Å². The molecule has 24 heavy (non-hydrogen) atoms. The molecule has 0 amide bonds. The average Bonchev–Trinajstić information content (AvgIpc) is 2.70. The Labute approximate surface area is 137 Å². The van der Waals surface area contributed by atoms with Crippen LogP contribution in [-0.2, 0) is 42.9 Å². The lowest BCUT2D eigenvalue weighted by molar-refractivity contribution is -0.184. The fourth-order valence-electron chi connectivity index (χ4n) is 2.22. The van der Waals surface area contributed by atoms with Gasteiger partial charge in [-0.15, -0.1) is 0 Å². The summed E-state index contributed by atoms with van der Waals surface area (Å²) in [6.07, 6.45) is -6.55. The highest BCUT2D eigenvalue weighted by Gasteiger charge is 2.52. The summed E-state index contributed by atoms with van der Waals surface area (Å²) in [5.41, 5.74) is 0. The van der Waals surface area contributed by atoms with Gasteiger partial charge >= 0.3 is 23.9 Å². The zero-order valence-corrected chi connectivity index (χ0v) is 13.7. The molecule has 1 aliphatic rings. The third-order valence-electron chi connectivity index (χ3n) is 2.96. The molecule has 1 N–H and O–H groups in total. The first kappa shape index (κ1) is 19.8. The molecule has 1 fully saturated rings. The van der Waals surface area contributed by atoms with Crippen molar-refractivity contribution < 1.29 is 48.0 Å². The van der Waals surface area contributed by atoms with Crippen LogP contribution in [0.2, 0.25) is 0 Å². The van der Waals surface area contributed by atoms with Gasteiger partial charge < -0.3 is 28.8 Å². The number of hydrogen-bond donors (Lipinski definition) is 1. The highest BCUT2D eigenvalue weighted by Crippen LogP contribution is 2.29. The predicted octanol–water partition coefficient (Wildman–Crippen LogP) is -0.938. The Balaban J connectivity index is 3.03. The van der Waals surface area contributed by atoms with Gasteiger partial charge in [-0.3, -0.25) is 19.2 Å². The lowest BCUT2D eigenvalue weighted by Gasteiger charge is -2.27. The number of carbonyl (C=O) groups excluding carboxylic acids is 4. The second kappa shape index (κ2) is 8.60. The summed E-state index contributed by atoms with van der Waals surface area (Å²) in [5, 5.41) is 9.91. The topological polar surface area (TPSA) is 135 Å². The molecule has 0 aromatic carbocycles. The minimum absolute atomic E-state index is 0.392. The van der Waals surface area contributed by atoms with Crippen LogP contribution in [0.3, 0.4) is 0 Å². The van der Waals surface area contributed by atoms with Gasteiger partial charge in [-0.25, -0.2) is 0 Å². The summed E-state index contributed by atoms with van der Waals surface area (Å²) in [6.45, 7) is 4.10. The maximum atomic E-state index is 11.3.